The highest BCUT2D eigenvalue weighted by molar-refractivity contribution is 7.91. The van der Waals surface area contributed by atoms with Crippen LogP contribution in [-0.4, -0.2) is 97.0 Å². The molecular formula is C40H55N5O10S. The predicted molar refractivity (Wildman–Crippen MR) is 208 cm³/mol. The van der Waals surface area contributed by atoms with E-state index < -0.39 is 73.8 Å². The Hall–Kier alpha value is -4.60. The molecule has 0 spiro atoms. The fourth-order valence-corrected chi connectivity index (χ4v) is 9.00. The number of sulfonamides is 1. The minimum Gasteiger partial charge on any atom is -0.497 e. The highest BCUT2D eigenvalue weighted by Gasteiger charge is 2.63. The molecule has 1 aromatic carbocycles. The number of ether oxygens (including phenoxy) is 4. The van der Waals surface area contributed by atoms with Gasteiger partial charge in [-0.05, 0) is 102 Å². The van der Waals surface area contributed by atoms with Crippen LogP contribution in [0, 0.1) is 17.8 Å². The summed E-state index contributed by atoms with van der Waals surface area (Å²) >= 11 is 0. The van der Waals surface area contributed by atoms with Gasteiger partial charge in [-0.2, -0.15) is 0 Å². The molecule has 4 amide bonds. The zero-order chi connectivity index (χ0) is 40.8. The predicted octanol–water partition coefficient (Wildman–Crippen LogP) is 4.38. The monoisotopic (exact) mass is 797 g/mol. The lowest BCUT2D eigenvalue weighted by molar-refractivity contribution is -0.142. The molecule has 2 saturated carbocycles. The van der Waals surface area contributed by atoms with Gasteiger partial charge in [-0.3, -0.25) is 19.1 Å². The Kier molecular flexibility index (Phi) is 11.3. The third kappa shape index (κ3) is 8.69. The van der Waals surface area contributed by atoms with Crippen LogP contribution in [0.4, 0.5) is 4.79 Å². The Morgan fingerprint density at radius 3 is 2.45 bits per heavy atom. The molecule has 15 nitrogen and oxygen atoms in total. The van der Waals surface area contributed by atoms with E-state index >= 15 is 0 Å². The Bertz CT molecular complexity index is 2010. The number of hydrogen-bond acceptors (Lipinski definition) is 11. The molecule has 7 unspecified atom stereocenters. The van der Waals surface area contributed by atoms with E-state index in [9.17, 15) is 27.6 Å². The quantitative estimate of drug-likeness (QED) is 0.322. The van der Waals surface area contributed by atoms with E-state index in [-0.39, 0.29) is 42.9 Å². The number of rotatable bonds is 8. The number of methoxy groups -OCH3 is 2. The molecule has 0 radical (unpaired) electrons. The lowest BCUT2D eigenvalue weighted by Crippen LogP contribution is -2.59. The van der Waals surface area contributed by atoms with Crippen molar-refractivity contribution in [3.63, 3.8) is 0 Å². The summed E-state index contributed by atoms with van der Waals surface area (Å²) in [7, 11) is -0.987. The van der Waals surface area contributed by atoms with Crippen LogP contribution in [0.3, 0.4) is 0 Å². The van der Waals surface area contributed by atoms with Gasteiger partial charge in [0.05, 0.1) is 31.0 Å². The van der Waals surface area contributed by atoms with Crippen molar-refractivity contribution in [2.24, 2.45) is 17.8 Å². The van der Waals surface area contributed by atoms with Crippen molar-refractivity contribution < 1.29 is 46.5 Å². The third-order valence-electron chi connectivity index (χ3n) is 11.4. The number of aromatic nitrogens is 1. The van der Waals surface area contributed by atoms with Crippen molar-refractivity contribution in [3.8, 4) is 17.4 Å². The van der Waals surface area contributed by atoms with E-state index in [0.717, 1.165) is 6.42 Å². The van der Waals surface area contributed by atoms with Gasteiger partial charge in [-0.15, -0.1) is 0 Å². The molecule has 16 heteroatoms. The first kappa shape index (κ1) is 41.0. The molecule has 3 N–H and O–H groups in total. The molecule has 6 rings (SSSR count). The summed E-state index contributed by atoms with van der Waals surface area (Å²) in [5.41, 5.74) is -1.74. The minimum absolute atomic E-state index is 0.00932. The number of nitrogens with zero attached hydrogens (tertiary/aromatic N) is 2. The number of benzene rings is 1. The Balaban J connectivity index is 1.36. The Morgan fingerprint density at radius 2 is 1.79 bits per heavy atom. The van der Waals surface area contributed by atoms with Crippen molar-refractivity contribution in [3.05, 3.63) is 36.4 Å². The highest BCUT2D eigenvalue weighted by atomic mass is 32.2. The average molecular weight is 798 g/mol. The van der Waals surface area contributed by atoms with E-state index in [0.29, 0.717) is 42.3 Å². The fourth-order valence-electron chi connectivity index (χ4n) is 7.69. The molecule has 0 bridgehead atoms. The third-order valence-corrected chi connectivity index (χ3v) is 13.5. The van der Waals surface area contributed by atoms with Crippen LogP contribution < -0.4 is 29.6 Å². The zero-order valence-corrected chi connectivity index (χ0v) is 34.3. The first-order valence-electron chi connectivity index (χ1n) is 19.3. The summed E-state index contributed by atoms with van der Waals surface area (Å²) in [5.74, 6) is -1.56. The van der Waals surface area contributed by atoms with Crippen molar-refractivity contribution in [1.29, 1.82) is 0 Å². The number of hydrogen-bond donors (Lipinski definition) is 3. The number of amides is 4. The maximum Gasteiger partial charge on any atom is 0.408 e. The topological polar surface area (TPSA) is 192 Å². The van der Waals surface area contributed by atoms with Crippen molar-refractivity contribution in [2.45, 2.75) is 121 Å². The summed E-state index contributed by atoms with van der Waals surface area (Å²) in [4.78, 5) is 62.5. The van der Waals surface area contributed by atoms with E-state index in [1.807, 2.05) is 19.1 Å². The van der Waals surface area contributed by atoms with E-state index in [1.165, 1.54) is 12.0 Å². The molecule has 306 valence electrons. The first-order valence-corrected chi connectivity index (χ1v) is 20.8. The molecule has 2 aromatic rings. The smallest absolute Gasteiger partial charge is 0.408 e. The lowest BCUT2D eigenvalue weighted by Gasteiger charge is -2.33. The standard InChI is InChI=1S/C40H55N5O10S/c1-23-11-9-10-12-26-21-40(26,36(48)44-56(50,51)39(6)15-16-39)43-33(46)30-20-28(54-31-19-25-18-27(52-7)13-14-29(25)41-34(31)53-8)22-45(30)35(47)32(24(2)17-23)42-37(49)55-38(3,4)5/h10,12-14,18-19,23-24,26,28,30,32H,9,11,15-17,20-22H2,1-8H3,(H,42,49)(H,43,46)(H,44,48). The molecular weight excluding hydrogens is 743 g/mol. The van der Waals surface area contributed by atoms with Crippen LogP contribution in [0.25, 0.3) is 10.9 Å². The normalized spacial score (nSPS) is 29.1. The average Bonchev–Trinajstić information content (AvgIpc) is 4.00. The van der Waals surface area contributed by atoms with Crippen molar-refractivity contribution >= 4 is 44.7 Å². The number of allylic oxidation sites excluding steroid dienone is 1. The number of pyridine rings is 1. The van der Waals surface area contributed by atoms with Crippen molar-refractivity contribution in [2.75, 3.05) is 20.8 Å². The van der Waals surface area contributed by atoms with E-state index in [2.05, 4.69) is 27.3 Å². The van der Waals surface area contributed by atoms with Gasteiger partial charge in [0.15, 0.2) is 5.75 Å². The molecule has 3 heterocycles. The molecule has 3 fully saturated rings. The van der Waals surface area contributed by atoms with Crippen molar-refractivity contribution in [1.82, 2.24) is 25.2 Å². The maximum atomic E-state index is 14.8. The van der Waals surface area contributed by atoms with Gasteiger partial charge in [0.1, 0.15) is 35.1 Å². The van der Waals surface area contributed by atoms with Gasteiger partial charge in [-0.25, -0.2) is 18.2 Å². The Morgan fingerprint density at radius 1 is 1.05 bits per heavy atom. The van der Waals surface area contributed by atoms with Crippen LogP contribution in [0.15, 0.2) is 36.4 Å². The fraction of sp³-hybridized carbons (Fsp3) is 0.625. The second-order valence-corrected chi connectivity index (χ2v) is 19.3. The summed E-state index contributed by atoms with van der Waals surface area (Å²) < 4.78 is 50.6. The number of fused-ring (bicyclic) bond motifs is 3. The molecule has 4 aliphatic rings. The SMILES string of the molecule is COc1ccc2nc(OC)c(OC3CC4C(=O)NC5(C(=O)NS(=O)(=O)C6(C)CC6)CC5C=CCCC(C)CC(C)C(NC(=O)OC(C)(C)C)C(=O)N4C3)cc2c1. The summed E-state index contributed by atoms with van der Waals surface area (Å²) in [6.45, 7) is 10.7. The minimum atomic E-state index is -4.01. The molecule has 1 aromatic heterocycles. The lowest BCUT2D eigenvalue weighted by atomic mass is 9.88. The molecule has 2 aliphatic carbocycles. The highest BCUT2D eigenvalue weighted by Crippen LogP contribution is 2.48. The molecule has 56 heavy (non-hydrogen) atoms. The summed E-state index contributed by atoms with van der Waals surface area (Å²) in [5, 5.41) is 6.41. The van der Waals surface area contributed by atoms with Gasteiger partial charge in [0.2, 0.25) is 21.8 Å². The van der Waals surface area contributed by atoms with E-state index in [4.69, 9.17) is 18.9 Å². The molecule has 7 atom stereocenters. The van der Waals surface area contributed by atoms with Gasteiger partial charge in [0.25, 0.3) is 11.8 Å². The first-order chi connectivity index (χ1) is 26.3. The maximum absolute atomic E-state index is 14.8. The Labute approximate surface area is 328 Å². The summed E-state index contributed by atoms with van der Waals surface area (Å²) in [6.07, 6.45) is 5.36. The van der Waals surface area contributed by atoms with Crippen LogP contribution in [0.2, 0.25) is 0 Å². The van der Waals surface area contributed by atoms with Gasteiger partial charge < -0.3 is 34.5 Å². The number of carbonyl (C=O) groups excluding carboxylic acids is 4. The second kappa shape index (κ2) is 15.4. The number of alkyl carbamates (subject to hydrolysis) is 1. The van der Waals surface area contributed by atoms with Gasteiger partial charge >= 0.3 is 6.09 Å². The zero-order valence-electron chi connectivity index (χ0n) is 33.5. The van der Waals surface area contributed by atoms with E-state index in [1.54, 1.807) is 59.1 Å². The number of nitrogens with one attached hydrogen (secondary N) is 3. The van der Waals surface area contributed by atoms with Crippen LogP contribution in [-0.2, 0) is 29.1 Å². The largest absolute Gasteiger partial charge is 0.497 e. The van der Waals surface area contributed by atoms with Gasteiger partial charge in [-0.1, -0.05) is 26.0 Å². The molecule has 1 saturated heterocycles. The van der Waals surface area contributed by atoms with Crippen LogP contribution in [0.5, 0.6) is 17.4 Å². The van der Waals surface area contributed by atoms with Crippen LogP contribution >= 0.6 is 0 Å². The van der Waals surface area contributed by atoms with Gasteiger partial charge in [0, 0.05) is 17.7 Å². The summed E-state index contributed by atoms with van der Waals surface area (Å²) in [6, 6.07) is 4.89. The molecule has 2 aliphatic heterocycles. The van der Waals surface area contributed by atoms with Crippen LogP contribution in [0.1, 0.15) is 86.5 Å². The number of carbonyl (C=O) groups is 4. The second-order valence-electron chi connectivity index (χ2n) is 17.1.